The lowest BCUT2D eigenvalue weighted by atomic mass is 9.50. The van der Waals surface area contributed by atoms with E-state index >= 15 is 0 Å². The molecule has 4 aliphatic carbocycles. The highest BCUT2D eigenvalue weighted by molar-refractivity contribution is 5.72. The van der Waals surface area contributed by atoms with Crippen LogP contribution in [0.2, 0.25) is 0 Å². The first-order valence-corrected chi connectivity index (χ1v) is 10.1. The highest BCUT2D eigenvalue weighted by Crippen LogP contribution is 2.62. The predicted octanol–water partition coefficient (Wildman–Crippen LogP) is 4.02. The van der Waals surface area contributed by atoms with Gasteiger partial charge in [0.25, 0.3) is 0 Å². The second kappa shape index (κ2) is 6.66. The molecule has 0 aromatic heterocycles. The van der Waals surface area contributed by atoms with Gasteiger partial charge in [-0.1, -0.05) is 13.8 Å². The average molecular weight is 382 g/mol. The Labute approximate surface area is 162 Å². The van der Waals surface area contributed by atoms with Crippen molar-refractivity contribution in [1.29, 1.82) is 0 Å². The summed E-state index contributed by atoms with van der Waals surface area (Å²) in [4.78, 5) is 23.0. The Kier molecular flexibility index (Phi) is 5.05. The zero-order valence-electron chi connectivity index (χ0n) is 17.3. The molecule has 4 rings (SSSR count). The molecule has 0 saturated heterocycles. The van der Waals surface area contributed by atoms with Gasteiger partial charge in [0.15, 0.2) is 0 Å². The molecule has 154 valence electrons. The first kappa shape index (κ1) is 20.5. The summed E-state index contributed by atoms with van der Waals surface area (Å²) in [7, 11) is 0. The van der Waals surface area contributed by atoms with E-state index in [2.05, 4.69) is 6.58 Å². The van der Waals surface area contributed by atoms with E-state index in [9.17, 15) is 9.90 Å². The molecule has 6 heteroatoms. The molecule has 0 amide bonds. The van der Waals surface area contributed by atoms with Crippen molar-refractivity contribution in [2.24, 2.45) is 11.8 Å². The van der Waals surface area contributed by atoms with E-state index in [1.54, 1.807) is 0 Å². The number of rotatable bonds is 7. The molecule has 0 spiro atoms. The minimum Gasteiger partial charge on any atom is -0.459 e. The van der Waals surface area contributed by atoms with Crippen LogP contribution >= 0.6 is 0 Å². The summed E-state index contributed by atoms with van der Waals surface area (Å²) >= 11 is 0. The Hall–Kier alpha value is -1.27. The van der Waals surface area contributed by atoms with E-state index in [1.807, 2.05) is 34.6 Å². The van der Waals surface area contributed by atoms with Gasteiger partial charge in [0.1, 0.15) is 16.8 Å². The molecule has 0 aromatic carbocycles. The van der Waals surface area contributed by atoms with E-state index in [-0.39, 0.29) is 23.8 Å². The normalized spacial score (nSPS) is 38.4. The van der Waals surface area contributed by atoms with Crippen molar-refractivity contribution in [2.75, 3.05) is 0 Å². The fourth-order valence-electron chi connectivity index (χ4n) is 5.35. The highest BCUT2D eigenvalue weighted by atomic mass is 17.2. The molecule has 1 N–H and O–H groups in total. The molecule has 27 heavy (non-hydrogen) atoms. The molecular formula is C21H34O6. The first-order valence-electron chi connectivity index (χ1n) is 10.1. The minimum absolute atomic E-state index is 0.0823. The van der Waals surface area contributed by atoms with E-state index in [0.29, 0.717) is 19.3 Å². The quantitative estimate of drug-likeness (QED) is 0.310. The van der Waals surface area contributed by atoms with Gasteiger partial charge in [-0.3, -0.25) is 9.68 Å². The summed E-state index contributed by atoms with van der Waals surface area (Å²) in [5.74, 6) is -0.00135. The third-order valence-corrected chi connectivity index (χ3v) is 5.98. The molecule has 0 radical (unpaired) electrons. The van der Waals surface area contributed by atoms with Crippen LogP contribution in [0.3, 0.4) is 0 Å². The first-order chi connectivity index (χ1) is 12.4. The lowest BCUT2D eigenvalue weighted by Crippen LogP contribution is -2.67. The number of carbonyl (C=O) groups is 1. The Bertz CT molecular complexity index is 610. The van der Waals surface area contributed by atoms with Gasteiger partial charge in [-0.25, -0.2) is 0 Å². The molecule has 0 aromatic rings. The number of hydrogen-bond donors (Lipinski definition) is 1. The maximum absolute atomic E-state index is 12.5. The maximum Gasteiger partial charge on any atom is 0.310 e. The average Bonchev–Trinajstić information content (AvgIpc) is 2.48. The number of ether oxygens (including phenoxy) is 2. The van der Waals surface area contributed by atoms with Crippen molar-refractivity contribution in [2.45, 2.75) is 102 Å². The molecule has 4 aliphatic rings. The molecule has 0 heterocycles. The van der Waals surface area contributed by atoms with Crippen LogP contribution in [-0.2, 0) is 24.0 Å². The molecular weight excluding hydrogens is 348 g/mol. The minimum atomic E-state index is -0.875. The van der Waals surface area contributed by atoms with Gasteiger partial charge < -0.3 is 14.6 Å². The molecule has 6 nitrogen and oxygen atoms in total. The van der Waals surface area contributed by atoms with Crippen molar-refractivity contribution in [1.82, 2.24) is 0 Å². The van der Waals surface area contributed by atoms with Gasteiger partial charge in [0.05, 0.1) is 11.5 Å². The topological polar surface area (TPSA) is 74.2 Å². The van der Waals surface area contributed by atoms with E-state index < -0.39 is 22.4 Å². The summed E-state index contributed by atoms with van der Waals surface area (Å²) in [5.41, 5.74) is -2.67. The largest absolute Gasteiger partial charge is 0.459 e. The standard InChI is InChI=1S/C21H34O6/c1-7-14(2)17(22)25-21-10-16-8-19(23,12-21)11-20(9-16,13-21)24-15(3)26-27-18(4,5)6/h14,16,23H,3,7-13H2,1-2,4-6H3. The number of hydrogen-bond acceptors (Lipinski definition) is 6. The number of aliphatic hydroxyl groups is 1. The molecule has 4 bridgehead atoms. The van der Waals surface area contributed by atoms with Gasteiger partial charge in [-0.2, -0.15) is 4.89 Å². The number of carbonyl (C=O) groups excluding carboxylic acids is 1. The number of esters is 1. The maximum atomic E-state index is 12.5. The van der Waals surface area contributed by atoms with E-state index in [4.69, 9.17) is 19.2 Å². The summed E-state index contributed by atoms with van der Waals surface area (Å²) < 4.78 is 12.1. The van der Waals surface area contributed by atoms with Crippen LogP contribution in [0.25, 0.3) is 0 Å². The van der Waals surface area contributed by atoms with Crippen molar-refractivity contribution in [3.8, 4) is 0 Å². The van der Waals surface area contributed by atoms with Crippen LogP contribution in [0, 0.1) is 11.8 Å². The van der Waals surface area contributed by atoms with Crippen LogP contribution in [0.15, 0.2) is 12.5 Å². The Balaban J connectivity index is 1.75. The lowest BCUT2D eigenvalue weighted by Gasteiger charge is -2.63. The van der Waals surface area contributed by atoms with Gasteiger partial charge in [-0.15, -0.1) is 0 Å². The van der Waals surface area contributed by atoms with Gasteiger partial charge in [-0.05, 0) is 59.0 Å². The fourth-order valence-corrected chi connectivity index (χ4v) is 5.35. The molecule has 4 fully saturated rings. The highest BCUT2D eigenvalue weighted by Gasteiger charge is 2.66. The smallest absolute Gasteiger partial charge is 0.310 e. The summed E-state index contributed by atoms with van der Waals surface area (Å²) in [5, 5.41) is 11.1. The molecule has 5 unspecified atom stereocenters. The zero-order valence-corrected chi connectivity index (χ0v) is 17.3. The van der Waals surface area contributed by atoms with Crippen molar-refractivity contribution >= 4 is 5.97 Å². The second-order valence-corrected chi connectivity index (χ2v) is 10.1. The van der Waals surface area contributed by atoms with Crippen molar-refractivity contribution in [3.05, 3.63) is 12.5 Å². The Morgan fingerprint density at radius 3 is 2.26 bits per heavy atom. The predicted molar refractivity (Wildman–Crippen MR) is 99.3 cm³/mol. The second-order valence-electron chi connectivity index (χ2n) is 10.1. The molecule has 0 aliphatic heterocycles. The fraction of sp³-hybridized carbons (Fsp3) is 0.857. The van der Waals surface area contributed by atoms with Gasteiger partial charge in [0, 0.05) is 19.3 Å². The molecule has 5 atom stereocenters. The summed E-state index contributed by atoms with van der Waals surface area (Å²) in [6.45, 7) is 13.3. The zero-order chi connectivity index (χ0) is 20.1. The van der Waals surface area contributed by atoms with Gasteiger partial charge in [0.2, 0.25) is 0 Å². The molecule has 4 saturated carbocycles. The lowest BCUT2D eigenvalue weighted by molar-refractivity contribution is -0.362. The summed E-state index contributed by atoms with van der Waals surface area (Å²) in [6, 6.07) is 0. The third-order valence-electron chi connectivity index (χ3n) is 5.98. The van der Waals surface area contributed by atoms with Crippen LogP contribution in [0.5, 0.6) is 0 Å². The Morgan fingerprint density at radius 2 is 1.74 bits per heavy atom. The van der Waals surface area contributed by atoms with Crippen molar-refractivity contribution in [3.63, 3.8) is 0 Å². The monoisotopic (exact) mass is 382 g/mol. The van der Waals surface area contributed by atoms with Gasteiger partial charge >= 0.3 is 11.9 Å². The SMILES string of the molecule is C=C(OOC(C)(C)C)OC12CC3CC(O)(C1)CC(OC(=O)C(C)CC)(C3)C2. The Morgan fingerprint density at radius 1 is 1.15 bits per heavy atom. The van der Waals surface area contributed by atoms with Crippen LogP contribution in [0.4, 0.5) is 0 Å². The van der Waals surface area contributed by atoms with Crippen LogP contribution in [-0.4, -0.2) is 33.5 Å². The van der Waals surface area contributed by atoms with E-state index in [0.717, 1.165) is 25.7 Å². The third kappa shape index (κ3) is 4.43. The summed E-state index contributed by atoms with van der Waals surface area (Å²) in [6.07, 6.45) is 4.58. The van der Waals surface area contributed by atoms with Crippen LogP contribution in [0.1, 0.15) is 79.6 Å². The van der Waals surface area contributed by atoms with Crippen molar-refractivity contribution < 1.29 is 29.1 Å². The van der Waals surface area contributed by atoms with E-state index in [1.165, 1.54) is 0 Å². The van der Waals surface area contributed by atoms with Crippen LogP contribution < -0.4 is 0 Å².